The topological polar surface area (TPSA) is 58.6 Å². The van der Waals surface area contributed by atoms with Gasteiger partial charge >= 0.3 is 6.18 Å². The van der Waals surface area contributed by atoms with Gasteiger partial charge in [-0.15, -0.1) is 10.2 Å². The molecule has 2 heterocycles. The van der Waals surface area contributed by atoms with E-state index in [0.29, 0.717) is 37.7 Å². The van der Waals surface area contributed by atoms with Crippen molar-refractivity contribution in [2.75, 3.05) is 37.7 Å². The molecular formula is C19H21F3N4O2. The molecule has 1 aromatic heterocycles. The van der Waals surface area contributed by atoms with Gasteiger partial charge < -0.3 is 14.5 Å². The van der Waals surface area contributed by atoms with E-state index in [1.807, 2.05) is 36.9 Å². The maximum absolute atomic E-state index is 12.6. The molecule has 1 fully saturated rings. The second kappa shape index (κ2) is 8.04. The average Bonchev–Trinajstić information content (AvgIpc) is 2.65. The number of alkyl halides is 3. The van der Waals surface area contributed by atoms with E-state index in [1.54, 1.807) is 4.90 Å². The molecule has 1 amide bonds. The van der Waals surface area contributed by atoms with Gasteiger partial charge in [0, 0.05) is 26.2 Å². The Morgan fingerprint density at radius 3 is 2.21 bits per heavy atom. The third-order valence-corrected chi connectivity index (χ3v) is 4.45. The molecule has 1 aliphatic heterocycles. The number of carbonyl (C=O) groups is 1. The number of anilines is 1. The third kappa shape index (κ3) is 4.90. The predicted octanol–water partition coefficient (Wildman–Crippen LogP) is 2.84. The van der Waals surface area contributed by atoms with Crippen LogP contribution in [-0.4, -0.2) is 53.8 Å². The average molecular weight is 394 g/mol. The molecular weight excluding hydrogens is 373 g/mol. The van der Waals surface area contributed by atoms with E-state index in [-0.39, 0.29) is 12.5 Å². The van der Waals surface area contributed by atoms with E-state index in [4.69, 9.17) is 4.74 Å². The zero-order chi connectivity index (χ0) is 20.3. The Morgan fingerprint density at radius 1 is 1.04 bits per heavy atom. The fourth-order valence-electron chi connectivity index (χ4n) is 3.08. The molecule has 0 saturated carbocycles. The first kappa shape index (κ1) is 19.9. The number of ether oxygens (including phenoxy) is 1. The molecule has 0 spiro atoms. The van der Waals surface area contributed by atoms with E-state index < -0.39 is 11.9 Å². The summed E-state index contributed by atoms with van der Waals surface area (Å²) in [6, 6.07) is 8.00. The molecule has 150 valence electrons. The molecule has 0 atom stereocenters. The number of rotatable bonds is 4. The second-order valence-electron chi connectivity index (χ2n) is 6.75. The highest BCUT2D eigenvalue weighted by Crippen LogP contribution is 2.27. The van der Waals surface area contributed by atoms with Crippen molar-refractivity contribution in [2.45, 2.75) is 20.0 Å². The molecule has 9 heteroatoms. The van der Waals surface area contributed by atoms with Gasteiger partial charge in [0.05, 0.1) is 0 Å². The van der Waals surface area contributed by atoms with E-state index in [0.717, 1.165) is 17.2 Å². The van der Waals surface area contributed by atoms with Crippen molar-refractivity contribution < 1.29 is 22.7 Å². The van der Waals surface area contributed by atoms with Crippen LogP contribution >= 0.6 is 0 Å². The molecule has 0 radical (unpaired) electrons. The van der Waals surface area contributed by atoms with Crippen LogP contribution in [0.1, 0.15) is 16.8 Å². The molecule has 0 N–H and O–H groups in total. The zero-order valence-corrected chi connectivity index (χ0v) is 15.7. The van der Waals surface area contributed by atoms with Crippen molar-refractivity contribution in [3.63, 3.8) is 0 Å². The van der Waals surface area contributed by atoms with Crippen molar-refractivity contribution in [3.05, 3.63) is 47.2 Å². The minimum absolute atomic E-state index is 0.0526. The number of hydrogen-bond donors (Lipinski definition) is 0. The maximum Gasteiger partial charge on any atom is 0.435 e. The predicted molar refractivity (Wildman–Crippen MR) is 97.2 cm³/mol. The van der Waals surface area contributed by atoms with Crippen LogP contribution in [0, 0.1) is 13.8 Å². The quantitative estimate of drug-likeness (QED) is 0.798. The fraction of sp³-hybridized carbons (Fsp3) is 0.421. The van der Waals surface area contributed by atoms with Crippen LogP contribution in [-0.2, 0) is 11.0 Å². The summed E-state index contributed by atoms with van der Waals surface area (Å²) in [7, 11) is 0. The molecule has 3 rings (SSSR count). The SMILES string of the molecule is Cc1cc(C)cc(OCC(=O)N2CCN(c3ccc(C(F)(F)F)nn3)CC2)c1. The van der Waals surface area contributed by atoms with Crippen molar-refractivity contribution >= 4 is 11.7 Å². The summed E-state index contributed by atoms with van der Waals surface area (Å²) >= 11 is 0. The molecule has 1 saturated heterocycles. The minimum atomic E-state index is -4.51. The first-order chi connectivity index (χ1) is 13.2. The van der Waals surface area contributed by atoms with E-state index in [2.05, 4.69) is 10.2 Å². The number of amides is 1. The number of carbonyl (C=O) groups excluding carboxylic acids is 1. The van der Waals surface area contributed by atoms with Crippen LogP contribution in [0.3, 0.4) is 0 Å². The highest BCUT2D eigenvalue weighted by molar-refractivity contribution is 5.78. The van der Waals surface area contributed by atoms with Crippen LogP contribution in [0.25, 0.3) is 0 Å². The molecule has 6 nitrogen and oxygen atoms in total. The zero-order valence-electron chi connectivity index (χ0n) is 15.7. The smallest absolute Gasteiger partial charge is 0.435 e. The highest BCUT2D eigenvalue weighted by atomic mass is 19.4. The molecule has 0 bridgehead atoms. The number of aryl methyl sites for hydroxylation is 2. The van der Waals surface area contributed by atoms with Crippen LogP contribution in [0.2, 0.25) is 0 Å². The summed E-state index contributed by atoms with van der Waals surface area (Å²) in [6.07, 6.45) is -4.51. The molecule has 1 aromatic carbocycles. The highest BCUT2D eigenvalue weighted by Gasteiger charge is 2.33. The van der Waals surface area contributed by atoms with E-state index in [9.17, 15) is 18.0 Å². The molecule has 2 aromatic rings. The van der Waals surface area contributed by atoms with Crippen molar-refractivity contribution in [1.29, 1.82) is 0 Å². The lowest BCUT2D eigenvalue weighted by atomic mass is 10.1. The van der Waals surface area contributed by atoms with E-state index in [1.165, 1.54) is 6.07 Å². The van der Waals surface area contributed by atoms with Gasteiger partial charge in [0.25, 0.3) is 5.91 Å². The van der Waals surface area contributed by atoms with Crippen molar-refractivity contribution in [3.8, 4) is 5.75 Å². The summed E-state index contributed by atoms with van der Waals surface area (Å²) in [4.78, 5) is 15.9. The standard InChI is InChI=1S/C19H21F3N4O2/c1-13-9-14(2)11-15(10-13)28-12-18(27)26-7-5-25(6-8-26)17-4-3-16(23-24-17)19(20,21)22/h3-4,9-11H,5-8,12H2,1-2H3. The van der Waals surface area contributed by atoms with Gasteiger partial charge in [-0.05, 0) is 49.2 Å². The first-order valence-corrected chi connectivity index (χ1v) is 8.87. The lowest BCUT2D eigenvalue weighted by Gasteiger charge is -2.35. The van der Waals surface area contributed by atoms with Gasteiger partial charge in [-0.3, -0.25) is 4.79 Å². The normalized spacial score (nSPS) is 14.9. The van der Waals surface area contributed by atoms with E-state index >= 15 is 0 Å². The van der Waals surface area contributed by atoms with Gasteiger partial charge in [0.2, 0.25) is 0 Å². The lowest BCUT2D eigenvalue weighted by molar-refractivity contribution is -0.141. The summed E-state index contributed by atoms with van der Waals surface area (Å²) < 4.78 is 43.3. The van der Waals surface area contributed by atoms with Gasteiger partial charge in [-0.1, -0.05) is 6.07 Å². The molecule has 0 unspecified atom stereocenters. The summed E-state index contributed by atoms with van der Waals surface area (Å²) in [5.74, 6) is 0.897. The van der Waals surface area contributed by atoms with Crippen LogP contribution in [0.4, 0.5) is 19.0 Å². The van der Waals surface area contributed by atoms with Gasteiger partial charge in [-0.2, -0.15) is 13.2 Å². The maximum atomic E-state index is 12.6. The number of halogens is 3. The summed E-state index contributed by atoms with van der Waals surface area (Å²) in [6.45, 7) is 5.69. The molecule has 1 aliphatic rings. The third-order valence-electron chi connectivity index (χ3n) is 4.45. The van der Waals surface area contributed by atoms with Crippen LogP contribution in [0.5, 0.6) is 5.75 Å². The minimum Gasteiger partial charge on any atom is -0.484 e. The number of benzene rings is 1. The van der Waals surface area contributed by atoms with Gasteiger partial charge in [0.15, 0.2) is 18.1 Å². The van der Waals surface area contributed by atoms with Gasteiger partial charge in [-0.25, -0.2) is 0 Å². The number of hydrogen-bond acceptors (Lipinski definition) is 5. The second-order valence-corrected chi connectivity index (χ2v) is 6.75. The van der Waals surface area contributed by atoms with Crippen molar-refractivity contribution in [1.82, 2.24) is 15.1 Å². The fourth-order valence-corrected chi connectivity index (χ4v) is 3.08. The lowest BCUT2D eigenvalue weighted by Crippen LogP contribution is -2.50. The Kier molecular flexibility index (Phi) is 5.71. The van der Waals surface area contributed by atoms with Crippen molar-refractivity contribution in [2.24, 2.45) is 0 Å². The van der Waals surface area contributed by atoms with Gasteiger partial charge in [0.1, 0.15) is 5.75 Å². The Morgan fingerprint density at radius 2 is 1.68 bits per heavy atom. The molecule has 0 aliphatic carbocycles. The Balaban J connectivity index is 1.51. The Bertz CT molecular complexity index is 812. The van der Waals surface area contributed by atoms with Crippen LogP contribution in [0.15, 0.2) is 30.3 Å². The Labute approximate surface area is 160 Å². The number of piperazine rings is 1. The number of aromatic nitrogens is 2. The molecule has 28 heavy (non-hydrogen) atoms. The van der Waals surface area contributed by atoms with Crippen LogP contribution < -0.4 is 9.64 Å². The Hall–Kier alpha value is -2.84. The summed E-state index contributed by atoms with van der Waals surface area (Å²) in [5.41, 5.74) is 1.11. The number of nitrogens with zero attached hydrogens (tertiary/aromatic N) is 4. The first-order valence-electron chi connectivity index (χ1n) is 8.87. The largest absolute Gasteiger partial charge is 0.484 e. The monoisotopic (exact) mass is 394 g/mol. The summed E-state index contributed by atoms with van der Waals surface area (Å²) in [5, 5.41) is 6.90.